The molecule has 4 rings (SSSR count). The van der Waals surface area contributed by atoms with E-state index in [4.69, 9.17) is 39.5 Å². The average molecular weight is 562 g/mol. The molecule has 36 heavy (non-hydrogen) atoms. The fourth-order valence-corrected chi connectivity index (χ4v) is 6.07. The van der Waals surface area contributed by atoms with E-state index < -0.39 is 0 Å². The van der Waals surface area contributed by atoms with Crippen LogP contribution in [0.4, 0.5) is 0 Å². The average Bonchev–Trinajstić information content (AvgIpc) is 2.83. The molecule has 0 heterocycles. The largest absolute Gasteiger partial charge is 0.511 e. The van der Waals surface area contributed by atoms with Crippen LogP contribution < -0.4 is 0 Å². The van der Waals surface area contributed by atoms with Crippen molar-refractivity contribution in [1.29, 1.82) is 0 Å². The van der Waals surface area contributed by atoms with Crippen molar-refractivity contribution in [2.24, 2.45) is 0 Å². The summed E-state index contributed by atoms with van der Waals surface area (Å²) in [7, 11) is 0. The molecule has 3 aromatic carbocycles. The Labute approximate surface area is 229 Å². The summed E-state index contributed by atoms with van der Waals surface area (Å²) in [4.78, 5) is 26.3. The third-order valence-electron chi connectivity index (χ3n) is 5.93. The van der Waals surface area contributed by atoms with Crippen LogP contribution in [0, 0.1) is 0 Å². The molecule has 2 atom stereocenters. The molecule has 1 aliphatic rings. The van der Waals surface area contributed by atoms with E-state index in [1.807, 2.05) is 37.3 Å². The van der Waals surface area contributed by atoms with Crippen LogP contribution in [0.15, 0.2) is 82.3 Å². The van der Waals surface area contributed by atoms with Gasteiger partial charge in [0.2, 0.25) is 0 Å². The topological polar surface area (TPSA) is 63.6 Å². The summed E-state index contributed by atoms with van der Waals surface area (Å²) in [5.74, 6) is -0.941. The SMILES string of the molecule is C[C@@H](OC(=O)Cc1ccc(Cl)c(SC2=C(O)CC(c3c(Cl)cccc3Cl)CC2=O)c1)c1ccccc1. The van der Waals surface area contributed by atoms with Gasteiger partial charge in [0.15, 0.2) is 5.78 Å². The number of esters is 1. The zero-order valence-corrected chi connectivity index (χ0v) is 22.4. The standard InChI is InChI=1S/C28H23Cl3O4S/c1-16(18-6-3-2-4-7-18)35-26(34)13-17-10-11-20(29)25(12-17)36-28-23(32)14-19(15-24(28)33)27-21(30)8-5-9-22(27)31/h2-12,16,19,32H,13-15H2,1H3/t16-,19?/m1/s1. The first-order valence-corrected chi connectivity index (χ1v) is 13.3. The number of allylic oxidation sites excluding steroid dienone is 2. The van der Waals surface area contributed by atoms with Crippen LogP contribution >= 0.6 is 46.6 Å². The Balaban J connectivity index is 1.47. The first-order valence-electron chi connectivity index (χ1n) is 11.3. The number of ether oxygens (including phenoxy) is 1. The van der Waals surface area contributed by atoms with Crippen LogP contribution in [0.2, 0.25) is 15.1 Å². The first-order chi connectivity index (χ1) is 17.2. The summed E-state index contributed by atoms with van der Waals surface area (Å²) in [5, 5.41) is 12.1. The molecule has 0 aliphatic heterocycles. The summed E-state index contributed by atoms with van der Waals surface area (Å²) in [6.45, 7) is 1.82. The molecule has 0 saturated heterocycles. The maximum Gasteiger partial charge on any atom is 0.310 e. The fourth-order valence-electron chi connectivity index (χ4n) is 4.14. The quantitative estimate of drug-likeness (QED) is 0.293. The number of carbonyl (C=O) groups excluding carboxylic acids is 2. The van der Waals surface area contributed by atoms with Crippen LogP contribution in [-0.2, 0) is 20.7 Å². The van der Waals surface area contributed by atoms with Gasteiger partial charge in [0, 0.05) is 33.7 Å². The van der Waals surface area contributed by atoms with Gasteiger partial charge in [-0.05, 0) is 47.9 Å². The summed E-state index contributed by atoms with van der Waals surface area (Å²) in [6, 6.07) is 19.8. The van der Waals surface area contributed by atoms with Gasteiger partial charge in [-0.25, -0.2) is 0 Å². The molecular weight excluding hydrogens is 539 g/mol. The number of rotatable bonds is 7. The van der Waals surface area contributed by atoms with Crippen LogP contribution in [0.25, 0.3) is 0 Å². The molecule has 186 valence electrons. The number of aliphatic hydroxyl groups is 1. The predicted octanol–water partition coefficient (Wildman–Crippen LogP) is 8.50. The molecule has 4 nitrogen and oxygen atoms in total. The minimum absolute atomic E-state index is 0.0326. The van der Waals surface area contributed by atoms with E-state index in [1.165, 1.54) is 0 Å². The number of aliphatic hydroxyl groups excluding tert-OH is 1. The highest BCUT2D eigenvalue weighted by atomic mass is 35.5. The lowest BCUT2D eigenvalue weighted by Crippen LogP contribution is -2.17. The second-order valence-electron chi connectivity index (χ2n) is 8.53. The third-order valence-corrected chi connectivity index (χ3v) is 8.25. The Morgan fingerprint density at radius 1 is 1.00 bits per heavy atom. The monoisotopic (exact) mass is 560 g/mol. The molecule has 0 saturated carbocycles. The zero-order valence-electron chi connectivity index (χ0n) is 19.3. The van der Waals surface area contributed by atoms with Gasteiger partial charge in [-0.1, -0.05) is 89.0 Å². The Kier molecular flexibility index (Phi) is 8.68. The summed E-state index contributed by atoms with van der Waals surface area (Å²) < 4.78 is 5.56. The lowest BCUT2D eigenvalue weighted by atomic mass is 9.86. The van der Waals surface area contributed by atoms with Gasteiger partial charge in [-0.2, -0.15) is 0 Å². The highest BCUT2D eigenvalue weighted by Gasteiger charge is 2.32. The minimum Gasteiger partial charge on any atom is -0.511 e. The third kappa shape index (κ3) is 6.27. The van der Waals surface area contributed by atoms with E-state index >= 15 is 0 Å². The molecule has 0 fully saturated rings. The van der Waals surface area contributed by atoms with Gasteiger partial charge >= 0.3 is 5.97 Å². The first kappa shape index (κ1) is 26.6. The number of thioether (sulfide) groups is 1. The predicted molar refractivity (Wildman–Crippen MR) is 145 cm³/mol. The maximum atomic E-state index is 13.0. The zero-order chi connectivity index (χ0) is 25.8. The second-order valence-corrected chi connectivity index (χ2v) is 10.8. The highest BCUT2D eigenvalue weighted by Crippen LogP contribution is 2.45. The number of hydrogen-bond acceptors (Lipinski definition) is 5. The normalized spacial score (nSPS) is 16.7. The number of benzene rings is 3. The van der Waals surface area contributed by atoms with E-state index in [0.29, 0.717) is 31.1 Å². The molecule has 1 aliphatic carbocycles. The molecule has 0 spiro atoms. The molecule has 0 amide bonds. The van der Waals surface area contributed by atoms with E-state index in [1.54, 1.807) is 36.4 Å². The highest BCUT2D eigenvalue weighted by molar-refractivity contribution is 8.04. The van der Waals surface area contributed by atoms with Crippen molar-refractivity contribution in [3.05, 3.63) is 109 Å². The lowest BCUT2D eigenvalue weighted by Gasteiger charge is -2.25. The Morgan fingerprint density at radius 2 is 1.69 bits per heavy atom. The molecule has 0 bridgehead atoms. The summed E-state index contributed by atoms with van der Waals surface area (Å²) in [6.07, 6.45) is 0.0740. The fraction of sp³-hybridized carbons (Fsp3) is 0.214. The van der Waals surface area contributed by atoms with Crippen molar-refractivity contribution in [2.75, 3.05) is 0 Å². The minimum atomic E-state index is -0.375. The molecule has 3 aromatic rings. The molecule has 1 unspecified atom stereocenters. The number of Topliss-reactive ketones (excluding diaryl/α,β-unsaturated/α-hetero) is 1. The van der Waals surface area contributed by atoms with Gasteiger partial charge in [-0.15, -0.1) is 0 Å². The molecule has 1 N–H and O–H groups in total. The van der Waals surface area contributed by atoms with Crippen LogP contribution in [-0.4, -0.2) is 16.9 Å². The van der Waals surface area contributed by atoms with Crippen molar-refractivity contribution in [2.45, 2.75) is 43.1 Å². The van der Waals surface area contributed by atoms with E-state index in [0.717, 1.165) is 17.3 Å². The van der Waals surface area contributed by atoms with Crippen molar-refractivity contribution in [1.82, 2.24) is 0 Å². The smallest absolute Gasteiger partial charge is 0.310 e. The molecule has 0 aromatic heterocycles. The number of halogens is 3. The van der Waals surface area contributed by atoms with Gasteiger partial charge in [0.05, 0.1) is 16.3 Å². The van der Waals surface area contributed by atoms with E-state index in [9.17, 15) is 14.7 Å². The lowest BCUT2D eigenvalue weighted by molar-refractivity contribution is -0.147. The number of carbonyl (C=O) groups is 2. The number of ketones is 1. The Hall–Kier alpha value is -2.44. The van der Waals surface area contributed by atoms with Crippen LogP contribution in [0.5, 0.6) is 0 Å². The summed E-state index contributed by atoms with van der Waals surface area (Å²) in [5.41, 5.74) is 2.26. The van der Waals surface area contributed by atoms with Gasteiger partial charge in [0.25, 0.3) is 0 Å². The molecule has 8 heteroatoms. The van der Waals surface area contributed by atoms with Crippen LogP contribution in [0.3, 0.4) is 0 Å². The maximum absolute atomic E-state index is 13.0. The van der Waals surface area contributed by atoms with Crippen molar-refractivity contribution < 1.29 is 19.4 Å². The van der Waals surface area contributed by atoms with Crippen LogP contribution in [0.1, 0.15) is 48.5 Å². The Bertz CT molecular complexity index is 1300. The Morgan fingerprint density at radius 3 is 2.36 bits per heavy atom. The number of hydrogen-bond donors (Lipinski definition) is 1. The van der Waals surface area contributed by atoms with Crippen molar-refractivity contribution in [3.8, 4) is 0 Å². The van der Waals surface area contributed by atoms with E-state index in [-0.39, 0.29) is 53.7 Å². The van der Waals surface area contributed by atoms with Gasteiger partial charge in [-0.3, -0.25) is 9.59 Å². The summed E-state index contributed by atoms with van der Waals surface area (Å²) >= 11 is 20.1. The molecular formula is C28H23Cl3O4S. The van der Waals surface area contributed by atoms with Crippen molar-refractivity contribution >= 4 is 58.3 Å². The van der Waals surface area contributed by atoms with Crippen molar-refractivity contribution in [3.63, 3.8) is 0 Å². The van der Waals surface area contributed by atoms with Gasteiger partial charge in [0.1, 0.15) is 11.9 Å². The van der Waals surface area contributed by atoms with E-state index in [2.05, 4.69) is 0 Å². The molecule has 0 radical (unpaired) electrons. The second kappa shape index (κ2) is 11.7. The van der Waals surface area contributed by atoms with Gasteiger partial charge < -0.3 is 9.84 Å².